The highest BCUT2D eigenvalue weighted by atomic mass is 16.5. The molecule has 1 N–H and O–H groups in total. The molecule has 0 radical (unpaired) electrons. The molecule has 2 aliphatic rings. The molecule has 5 heteroatoms. The van der Waals surface area contributed by atoms with Gasteiger partial charge >= 0.3 is 0 Å². The number of aliphatic hydroxyl groups is 1. The molecule has 4 rings (SSSR count). The third-order valence-corrected chi connectivity index (χ3v) is 5.35. The maximum atomic E-state index is 10.8. The van der Waals surface area contributed by atoms with Crippen molar-refractivity contribution in [2.24, 2.45) is 0 Å². The van der Waals surface area contributed by atoms with Gasteiger partial charge in [0.1, 0.15) is 17.1 Å². The van der Waals surface area contributed by atoms with Crippen LogP contribution in [0.4, 0.5) is 0 Å². The van der Waals surface area contributed by atoms with Gasteiger partial charge in [-0.3, -0.25) is 4.90 Å². The second-order valence-electron chi connectivity index (χ2n) is 7.00. The molecular formula is C18H25N3O2. The summed E-state index contributed by atoms with van der Waals surface area (Å²) >= 11 is 0. The topological polar surface area (TPSA) is 50.5 Å². The lowest BCUT2D eigenvalue weighted by molar-refractivity contribution is -0.0318. The SMILES string of the molecule is COc1cccc2c1nc1n2CCN(CC2(O)CCCCC2)C1. The Kier molecular flexibility index (Phi) is 3.77. The van der Waals surface area contributed by atoms with Crippen molar-refractivity contribution < 1.29 is 9.84 Å². The van der Waals surface area contributed by atoms with Crippen molar-refractivity contribution in [1.29, 1.82) is 0 Å². The van der Waals surface area contributed by atoms with Crippen LogP contribution in [0.2, 0.25) is 0 Å². The van der Waals surface area contributed by atoms with Crippen LogP contribution in [0.5, 0.6) is 5.75 Å². The molecule has 0 saturated heterocycles. The molecule has 0 unspecified atom stereocenters. The zero-order chi connectivity index (χ0) is 15.9. The summed E-state index contributed by atoms with van der Waals surface area (Å²) in [5.74, 6) is 1.91. The van der Waals surface area contributed by atoms with Gasteiger partial charge in [0.25, 0.3) is 0 Å². The third kappa shape index (κ3) is 2.72. The Bertz CT molecular complexity index is 704. The van der Waals surface area contributed by atoms with Gasteiger partial charge in [-0.25, -0.2) is 4.98 Å². The molecule has 5 nitrogen and oxygen atoms in total. The first-order valence-corrected chi connectivity index (χ1v) is 8.65. The molecule has 23 heavy (non-hydrogen) atoms. The van der Waals surface area contributed by atoms with Gasteiger partial charge in [-0.05, 0) is 25.0 Å². The molecule has 0 bridgehead atoms. The number of nitrogens with zero attached hydrogens (tertiary/aromatic N) is 3. The molecule has 2 heterocycles. The molecule has 124 valence electrons. The lowest BCUT2D eigenvalue weighted by Gasteiger charge is -2.38. The lowest BCUT2D eigenvalue weighted by Crippen LogP contribution is -2.46. The molecule has 1 fully saturated rings. The summed E-state index contributed by atoms with van der Waals surface area (Å²) in [4.78, 5) is 7.16. The first kappa shape index (κ1) is 15.0. The average Bonchev–Trinajstić information content (AvgIpc) is 2.92. The highest BCUT2D eigenvalue weighted by Gasteiger charge is 2.33. The highest BCUT2D eigenvalue weighted by Crippen LogP contribution is 2.31. The number of aromatic nitrogens is 2. The van der Waals surface area contributed by atoms with Crippen LogP contribution in [0.25, 0.3) is 11.0 Å². The first-order chi connectivity index (χ1) is 11.2. The van der Waals surface area contributed by atoms with Gasteiger partial charge in [0, 0.05) is 19.6 Å². The minimum Gasteiger partial charge on any atom is -0.494 e. The van der Waals surface area contributed by atoms with Crippen molar-refractivity contribution in [3.63, 3.8) is 0 Å². The zero-order valence-corrected chi connectivity index (χ0v) is 13.8. The van der Waals surface area contributed by atoms with E-state index in [9.17, 15) is 5.11 Å². The van der Waals surface area contributed by atoms with Crippen LogP contribution in [0.15, 0.2) is 18.2 Å². The van der Waals surface area contributed by atoms with Crippen LogP contribution in [0, 0.1) is 0 Å². The minimum absolute atomic E-state index is 0.496. The largest absolute Gasteiger partial charge is 0.494 e. The Balaban J connectivity index is 1.57. The zero-order valence-electron chi connectivity index (χ0n) is 13.8. The Hall–Kier alpha value is -1.59. The summed E-state index contributed by atoms with van der Waals surface area (Å²) < 4.78 is 7.73. The molecule has 1 aliphatic carbocycles. The van der Waals surface area contributed by atoms with E-state index in [0.29, 0.717) is 0 Å². The number of benzene rings is 1. The molecule has 0 spiro atoms. The van der Waals surface area contributed by atoms with Gasteiger partial charge in [-0.1, -0.05) is 25.3 Å². The number of para-hydroxylation sites is 1. The van der Waals surface area contributed by atoms with E-state index in [0.717, 1.165) is 74.5 Å². The molecule has 1 aromatic carbocycles. The standard InChI is InChI=1S/C18H25N3O2/c1-23-15-7-5-6-14-17(15)19-16-12-20(10-11-21(14)16)13-18(22)8-3-2-4-9-18/h5-7,22H,2-4,8-13H2,1H3. The maximum Gasteiger partial charge on any atom is 0.146 e. The highest BCUT2D eigenvalue weighted by molar-refractivity contribution is 5.82. The van der Waals surface area contributed by atoms with Crippen LogP contribution in [-0.2, 0) is 13.1 Å². The molecule has 2 aromatic rings. The van der Waals surface area contributed by atoms with Gasteiger partial charge in [0.05, 0.1) is 24.8 Å². The number of ether oxygens (including phenoxy) is 1. The fourth-order valence-corrected chi connectivity index (χ4v) is 4.14. The van der Waals surface area contributed by atoms with E-state index in [-0.39, 0.29) is 0 Å². The van der Waals surface area contributed by atoms with E-state index in [2.05, 4.69) is 15.5 Å². The number of methoxy groups -OCH3 is 1. The number of fused-ring (bicyclic) bond motifs is 3. The van der Waals surface area contributed by atoms with Crippen LogP contribution in [0.3, 0.4) is 0 Å². The normalized spacial score (nSPS) is 21.3. The fourth-order valence-electron chi connectivity index (χ4n) is 4.14. The summed E-state index contributed by atoms with van der Waals surface area (Å²) in [6.07, 6.45) is 5.44. The number of hydrogen-bond donors (Lipinski definition) is 1. The van der Waals surface area contributed by atoms with Crippen molar-refractivity contribution in [3.05, 3.63) is 24.0 Å². The van der Waals surface area contributed by atoms with Crippen molar-refractivity contribution >= 4 is 11.0 Å². The molecule has 1 saturated carbocycles. The van der Waals surface area contributed by atoms with E-state index >= 15 is 0 Å². The fraction of sp³-hybridized carbons (Fsp3) is 0.611. The summed E-state index contributed by atoms with van der Waals surface area (Å²) in [5.41, 5.74) is 1.60. The van der Waals surface area contributed by atoms with Crippen molar-refractivity contribution in [3.8, 4) is 5.75 Å². The van der Waals surface area contributed by atoms with Gasteiger partial charge in [0.2, 0.25) is 0 Å². The van der Waals surface area contributed by atoms with E-state index in [1.165, 1.54) is 6.42 Å². The quantitative estimate of drug-likeness (QED) is 0.946. The van der Waals surface area contributed by atoms with E-state index < -0.39 is 5.60 Å². The Morgan fingerprint density at radius 1 is 1.22 bits per heavy atom. The Labute approximate surface area is 136 Å². The number of rotatable bonds is 3. The van der Waals surface area contributed by atoms with E-state index in [1.807, 2.05) is 12.1 Å². The summed E-state index contributed by atoms with van der Waals surface area (Å²) in [6, 6.07) is 6.09. The van der Waals surface area contributed by atoms with Crippen LogP contribution >= 0.6 is 0 Å². The van der Waals surface area contributed by atoms with Gasteiger partial charge < -0.3 is 14.4 Å². The summed E-state index contributed by atoms with van der Waals surface area (Å²) in [5, 5.41) is 10.8. The number of imidazole rings is 1. The van der Waals surface area contributed by atoms with Gasteiger partial charge in [-0.2, -0.15) is 0 Å². The van der Waals surface area contributed by atoms with Crippen LogP contribution in [0.1, 0.15) is 37.9 Å². The van der Waals surface area contributed by atoms with Crippen LogP contribution in [-0.4, -0.2) is 45.4 Å². The smallest absolute Gasteiger partial charge is 0.146 e. The number of β-amino-alcohol motifs (C(OH)–C–C–N with tert-alkyl or cyclic N) is 1. The lowest BCUT2D eigenvalue weighted by atomic mass is 9.84. The average molecular weight is 315 g/mol. The molecule has 0 amide bonds. The van der Waals surface area contributed by atoms with Crippen LogP contribution < -0.4 is 4.74 Å². The predicted molar refractivity (Wildman–Crippen MR) is 89.6 cm³/mol. The van der Waals surface area contributed by atoms with Gasteiger partial charge in [0.15, 0.2) is 0 Å². The monoisotopic (exact) mass is 315 g/mol. The molecule has 0 atom stereocenters. The minimum atomic E-state index is -0.496. The maximum absolute atomic E-state index is 10.8. The Morgan fingerprint density at radius 3 is 2.83 bits per heavy atom. The second kappa shape index (κ2) is 5.80. The van der Waals surface area contributed by atoms with E-state index in [4.69, 9.17) is 9.72 Å². The van der Waals surface area contributed by atoms with Crippen molar-refractivity contribution in [2.45, 2.75) is 50.8 Å². The van der Waals surface area contributed by atoms with Gasteiger partial charge in [-0.15, -0.1) is 0 Å². The molecular weight excluding hydrogens is 290 g/mol. The van der Waals surface area contributed by atoms with Crippen molar-refractivity contribution in [1.82, 2.24) is 14.5 Å². The van der Waals surface area contributed by atoms with Crippen molar-refractivity contribution in [2.75, 3.05) is 20.2 Å². The predicted octanol–water partition coefficient (Wildman–Crippen LogP) is 2.56. The number of hydrogen-bond acceptors (Lipinski definition) is 4. The molecule has 1 aliphatic heterocycles. The van der Waals surface area contributed by atoms with E-state index in [1.54, 1.807) is 7.11 Å². The first-order valence-electron chi connectivity index (χ1n) is 8.65. The Morgan fingerprint density at radius 2 is 2.04 bits per heavy atom. The summed E-state index contributed by atoms with van der Waals surface area (Å²) in [7, 11) is 1.69. The molecule has 1 aromatic heterocycles. The third-order valence-electron chi connectivity index (χ3n) is 5.35. The second-order valence-corrected chi connectivity index (χ2v) is 7.00. The summed E-state index contributed by atoms with van der Waals surface area (Å²) in [6.45, 7) is 3.47.